The lowest BCUT2D eigenvalue weighted by atomic mass is 9.94. The van der Waals surface area contributed by atoms with Crippen LogP contribution in [0.25, 0.3) is 0 Å². The van der Waals surface area contributed by atoms with Crippen LogP contribution < -0.4 is 9.64 Å². The van der Waals surface area contributed by atoms with Crippen LogP contribution in [0.1, 0.15) is 24.0 Å². The summed E-state index contributed by atoms with van der Waals surface area (Å²) in [4.78, 5) is 14.0. The third-order valence-corrected chi connectivity index (χ3v) is 5.87. The zero-order chi connectivity index (χ0) is 23.4. The number of fused-ring (bicyclic) bond motifs is 3. The molecule has 1 unspecified atom stereocenters. The first-order valence-corrected chi connectivity index (χ1v) is 10.8. The Hall–Kier alpha value is -2.78. The van der Waals surface area contributed by atoms with Gasteiger partial charge in [-0.05, 0) is 42.2 Å². The number of hydrogen-bond acceptors (Lipinski definition) is 5. The second kappa shape index (κ2) is 10.0. The van der Waals surface area contributed by atoms with E-state index in [4.69, 9.17) is 18.9 Å². The Balaban J connectivity index is 1.35. The summed E-state index contributed by atoms with van der Waals surface area (Å²) in [5.74, 6) is 0.456. The van der Waals surface area contributed by atoms with Crippen molar-refractivity contribution in [2.45, 2.75) is 50.3 Å². The monoisotopic (exact) mass is 465 g/mol. The summed E-state index contributed by atoms with van der Waals surface area (Å²) in [6.45, 7) is 0.0548. The molecule has 2 aromatic carbocycles. The Morgan fingerprint density at radius 2 is 1.97 bits per heavy atom. The van der Waals surface area contributed by atoms with Crippen LogP contribution in [0.3, 0.4) is 0 Å². The van der Waals surface area contributed by atoms with E-state index in [2.05, 4.69) is 0 Å². The molecule has 0 aliphatic carbocycles. The second-order valence-corrected chi connectivity index (χ2v) is 8.11. The molecule has 0 N–H and O–H groups in total. The van der Waals surface area contributed by atoms with Crippen LogP contribution in [-0.2, 0) is 27.2 Å². The molecule has 9 heteroatoms. The highest BCUT2D eigenvalue weighted by atomic mass is 19.4. The predicted molar refractivity (Wildman–Crippen MR) is 114 cm³/mol. The second-order valence-electron chi connectivity index (χ2n) is 8.11. The Morgan fingerprint density at radius 1 is 1.18 bits per heavy atom. The van der Waals surface area contributed by atoms with Crippen LogP contribution in [0.2, 0.25) is 0 Å². The lowest BCUT2D eigenvalue weighted by molar-refractivity contribution is -0.226. The first-order chi connectivity index (χ1) is 15.9. The fraction of sp³-hybridized carbons (Fsp3) is 0.458. The van der Waals surface area contributed by atoms with E-state index in [9.17, 15) is 18.0 Å². The molecule has 1 fully saturated rings. The van der Waals surface area contributed by atoms with Crippen LogP contribution in [0.4, 0.5) is 23.7 Å². The number of ether oxygens (including phenoxy) is 4. The van der Waals surface area contributed by atoms with Crippen molar-refractivity contribution in [1.29, 1.82) is 0 Å². The van der Waals surface area contributed by atoms with Crippen molar-refractivity contribution in [3.05, 3.63) is 59.7 Å². The average Bonchev–Trinajstić information content (AvgIpc) is 3.11. The van der Waals surface area contributed by atoms with Crippen molar-refractivity contribution >= 4 is 11.8 Å². The fourth-order valence-electron chi connectivity index (χ4n) is 4.25. The lowest BCUT2D eigenvalue weighted by Crippen LogP contribution is -2.41. The Labute approximate surface area is 190 Å². The van der Waals surface area contributed by atoms with Gasteiger partial charge in [-0.25, -0.2) is 4.79 Å². The van der Waals surface area contributed by atoms with Gasteiger partial charge in [-0.2, -0.15) is 13.2 Å². The van der Waals surface area contributed by atoms with Crippen molar-refractivity contribution < 1.29 is 36.9 Å². The third-order valence-electron chi connectivity index (χ3n) is 5.87. The highest BCUT2D eigenvalue weighted by molar-refractivity contribution is 5.92. The molecule has 33 heavy (non-hydrogen) atoms. The van der Waals surface area contributed by atoms with Gasteiger partial charge in [0, 0.05) is 13.5 Å². The van der Waals surface area contributed by atoms with Crippen molar-refractivity contribution in [2.75, 3.05) is 25.2 Å². The zero-order valence-corrected chi connectivity index (χ0v) is 18.2. The fourth-order valence-corrected chi connectivity index (χ4v) is 4.25. The molecule has 6 nitrogen and oxygen atoms in total. The predicted octanol–water partition coefficient (Wildman–Crippen LogP) is 4.89. The summed E-state index contributed by atoms with van der Waals surface area (Å²) < 4.78 is 61.5. The van der Waals surface area contributed by atoms with Gasteiger partial charge in [0.05, 0.1) is 31.5 Å². The van der Waals surface area contributed by atoms with Crippen molar-refractivity contribution in [1.82, 2.24) is 0 Å². The maximum atomic E-state index is 13.4. The van der Waals surface area contributed by atoms with Gasteiger partial charge >= 0.3 is 12.3 Å². The third kappa shape index (κ3) is 5.42. The summed E-state index contributed by atoms with van der Waals surface area (Å²) in [5, 5.41) is 0. The van der Waals surface area contributed by atoms with E-state index in [0.717, 1.165) is 11.3 Å². The summed E-state index contributed by atoms with van der Waals surface area (Å²) in [6, 6.07) is 13.8. The number of rotatable bonds is 9. The highest BCUT2D eigenvalue weighted by Gasteiger charge is 2.45. The molecule has 2 aromatic rings. The molecule has 0 spiro atoms. The minimum absolute atomic E-state index is 0.0916. The van der Waals surface area contributed by atoms with E-state index in [-0.39, 0.29) is 31.8 Å². The van der Waals surface area contributed by atoms with Crippen LogP contribution in [-0.4, -0.2) is 50.8 Å². The topological polar surface area (TPSA) is 57.2 Å². The molecular formula is C24H26F3NO5. The smallest absolute Gasteiger partial charge is 0.415 e. The number of alkyl halides is 3. The number of carbonyl (C=O) groups is 1. The summed E-state index contributed by atoms with van der Waals surface area (Å²) in [5.41, 5.74) is 2.31. The van der Waals surface area contributed by atoms with E-state index in [1.165, 1.54) is 0 Å². The largest absolute Gasteiger partial charge is 0.493 e. The summed E-state index contributed by atoms with van der Waals surface area (Å²) >= 11 is 0. The van der Waals surface area contributed by atoms with E-state index < -0.39 is 18.4 Å². The number of nitrogens with zero attached hydrogens (tertiary/aromatic N) is 1. The molecule has 2 aliphatic rings. The van der Waals surface area contributed by atoms with Gasteiger partial charge in [-0.3, -0.25) is 4.90 Å². The Morgan fingerprint density at radius 3 is 2.70 bits per heavy atom. The molecule has 4 rings (SSSR count). The Bertz CT molecular complexity index is 953. The maximum Gasteiger partial charge on any atom is 0.415 e. The molecule has 2 heterocycles. The standard InChI is InChI=1S/C24H26F3NO5/c1-30-15-21-20-9-7-17-13-18(8-10-19(17)28(20)23(29)33-21)31-12-11-22(24(25,26)27)32-14-16-5-3-2-4-6-16/h2-6,8,10,13,20-22H,7,9,11-12,14-15H2,1H3/t20-,21+,22?/m0/s1. The molecule has 2 aliphatic heterocycles. The number of halogens is 3. The van der Waals surface area contributed by atoms with Crippen LogP contribution in [0, 0.1) is 0 Å². The first kappa shape index (κ1) is 23.4. The van der Waals surface area contributed by atoms with Gasteiger partial charge in [0.15, 0.2) is 6.10 Å². The van der Waals surface area contributed by atoms with Crippen LogP contribution in [0.15, 0.2) is 48.5 Å². The molecule has 1 saturated heterocycles. The van der Waals surface area contributed by atoms with Gasteiger partial charge in [0.1, 0.15) is 11.9 Å². The zero-order valence-electron chi connectivity index (χ0n) is 18.2. The van der Waals surface area contributed by atoms with E-state index >= 15 is 0 Å². The number of carbonyl (C=O) groups excluding carboxylic acids is 1. The van der Waals surface area contributed by atoms with Crippen molar-refractivity contribution in [3.63, 3.8) is 0 Å². The molecule has 0 saturated carbocycles. The van der Waals surface area contributed by atoms with Crippen LogP contribution >= 0.6 is 0 Å². The molecule has 178 valence electrons. The lowest BCUT2D eigenvalue weighted by Gasteiger charge is -2.31. The highest BCUT2D eigenvalue weighted by Crippen LogP contribution is 2.39. The minimum Gasteiger partial charge on any atom is -0.493 e. The van der Waals surface area contributed by atoms with E-state index in [0.29, 0.717) is 30.8 Å². The van der Waals surface area contributed by atoms with Gasteiger partial charge in [0.25, 0.3) is 0 Å². The molecule has 0 aromatic heterocycles. The molecule has 0 radical (unpaired) electrons. The number of anilines is 1. The van der Waals surface area contributed by atoms with E-state index in [1.807, 2.05) is 0 Å². The normalized spacial score (nSPS) is 20.7. The number of amides is 1. The molecule has 3 atom stereocenters. The molecular weight excluding hydrogens is 439 g/mol. The minimum atomic E-state index is -4.49. The first-order valence-electron chi connectivity index (χ1n) is 10.8. The van der Waals surface area contributed by atoms with Gasteiger partial charge in [0.2, 0.25) is 0 Å². The maximum absolute atomic E-state index is 13.4. The summed E-state index contributed by atoms with van der Waals surface area (Å²) in [6.07, 6.45) is -6.06. The number of hydrogen-bond donors (Lipinski definition) is 0. The van der Waals surface area contributed by atoms with Crippen LogP contribution in [0.5, 0.6) is 5.75 Å². The van der Waals surface area contributed by atoms with Crippen molar-refractivity contribution in [3.8, 4) is 5.75 Å². The quantitative estimate of drug-likeness (QED) is 0.528. The average molecular weight is 465 g/mol. The molecule has 0 bridgehead atoms. The SMILES string of the molecule is COC[C@H]1OC(=O)N2c3ccc(OCCC(OCc4ccccc4)C(F)(F)F)cc3CC[C@@H]12. The summed E-state index contributed by atoms with van der Waals surface area (Å²) in [7, 11) is 1.56. The number of aryl methyl sites for hydroxylation is 1. The number of cyclic esters (lactones) is 1. The number of methoxy groups -OCH3 is 1. The van der Waals surface area contributed by atoms with Gasteiger partial charge in [-0.1, -0.05) is 30.3 Å². The van der Waals surface area contributed by atoms with Gasteiger partial charge in [-0.15, -0.1) is 0 Å². The Kier molecular flexibility index (Phi) is 7.09. The van der Waals surface area contributed by atoms with Gasteiger partial charge < -0.3 is 18.9 Å². The van der Waals surface area contributed by atoms with E-state index in [1.54, 1.807) is 60.5 Å². The number of benzene rings is 2. The molecule has 1 amide bonds. The van der Waals surface area contributed by atoms with Crippen molar-refractivity contribution in [2.24, 2.45) is 0 Å².